The van der Waals surface area contributed by atoms with E-state index in [1.807, 2.05) is 0 Å². The van der Waals surface area contributed by atoms with E-state index >= 15 is 0 Å². The molecule has 0 unspecified atom stereocenters. The predicted octanol–water partition coefficient (Wildman–Crippen LogP) is 5.67. The average Bonchev–Trinajstić information content (AvgIpc) is 2.35. The summed E-state index contributed by atoms with van der Waals surface area (Å²) >= 11 is 1.91. The molecule has 2 aromatic rings. The molecule has 0 bridgehead atoms. The molecule has 2 aromatic carbocycles. The van der Waals surface area contributed by atoms with Gasteiger partial charge < -0.3 is 4.57 Å². The molecule has 2 rings (SSSR count). The predicted molar refractivity (Wildman–Crippen MR) is 78.0 cm³/mol. The summed E-state index contributed by atoms with van der Waals surface area (Å²) in [6, 6.07) is 12.3. The van der Waals surface area contributed by atoms with E-state index in [0.717, 1.165) is 22.8 Å². The molecule has 1 nitrogen and oxygen atoms in total. The highest BCUT2D eigenvalue weighted by atomic mass is 33.1. The van der Waals surface area contributed by atoms with Crippen molar-refractivity contribution in [1.29, 1.82) is 0 Å². The van der Waals surface area contributed by atoms with Crippen molar-refractivity contribution in [3.05, 3.63) is 60.2 Å². The number of benzene rings is 2. The topological polar surface area (TPSA) is 17.1 Å². The monoisotopic (exact) mass is 316 g/mol. The molecule has 19 heavy (non-hydrogen) atoms. The third-order valence-electron chi connectivity index (χ3n) is 2.20. The zero-order chi connectivity index (χ0) is 13.9. The molecule has 0 saturated heterocycles. The highest BCUT2D eigenvalue weighted by molar-refractivity contribution is 8.90. The highest BCUT2D eigenvalue weighted by Gasteiger charge is 2.22. The maximum atomic E-state index is 13.5. The summed E-state index contributed by atoms with van der Waals surface area (Å²) in [5.74, 6) is -0.826. The first kappa shape index (κ1) is 14.6. The number of hydrogen-bond acceptors (Lipinski definition) is 3. The van der Waals surface area contributed by atoms with E-state index < -0.39 is 17.2 Å². The Morgan fingerprint density at radius 1 is 0.842 bits per heavy atom. The standard InChI is InChI=1S/C13H11F2OPS2/c1-17(16,18-12-8-4-2-6-10(12)14)19-13-9-5-3-7-11(13)15/h2-9H,1H3. The molecule has 0 aliphatic rings. The van der Waals surface area contributed by atoms with Crippen molar-refractivity contribution in [3.8, 4) is 0 Å². The Hall–Kier alpha value is -0.770. The second kappa shape index (κ2) is 6.12. The number of rotatable bonds is 4. The van der Waals surface area contributed by atoms with Crippen molar-refractivity contribution in [2.24, 2.45) is 0 Å². The quantitative estimate of drug-likeness (QED) is 0.676. The fourth-order valence-electron chi connectivity index (χ4n) is 1.41. The fourth-order valence-corrected chi connectivity index (χ4v) is 7.68. The van der Waals surface area contributed by atoms with Gasteiger partial charge in [0.25, 0.3) is 0 Å². The summed E-state index contributed by atoms with van der Waals surface area (Å²) < 4.78 is 39.5. The van der Waals surface area contributed by atoms with E-state index in [1.165, 1.54) is 18.8 Å². The van der Waals surface area contributed by atoms with Crippen molar-refractivity contribution in [1.82, 2.24) is 0 Å². The van der Waals surface area contributed by atoms with Gasteiger partial charge in [0.15, 0.2) is 5.55 Å². The third-order valence-corrected chi connectivity index (χ3v) is 8.43. The van der Waals surface area contributed by atoms with Crippen molar-refractivity contribution >= 4 is 28.3 Å². The third kappa shape index (κ3) is 4.10. The van der Waals surface area contributed by atoms with Crippen LogP contribution in [0, 0.1) is 11.6 Å². The summed E-state index contributed by atoms with van der Waals surface area (Å²) in [5.41, 5.74) is -2.84. The van der Waals surface area contributed by atoms with Crippen LogP contribution in [0.4, 0.5) is 8.78 Å². The Labute approximate surface area is 118 Å². The van der Waals surface area contributed by atoms with Gasteiger partial charge in [-0.25, -0.2) is 8.78 Å². The molecule has 0 aliphatic carbocycles. The molecule has 0 aromatic heterocycles. The van der Waals surface area contributed by atoms with Crippen molar-refractivity contribution in [2.45, 2.75) is 9.79 Å². The largest absolute Gasteiger partial charge is 0.300 e. The first-order chi connectivity index (χ1) is 8.98. The molecule has 0 fully saturated rings. The molecule has 0 amide bonds. The van der Waals surface area contributed by atoms with Crippen LogP contribution in [0.5, 0.6) is 0 Å². The minimum Gasteiger partial charge on any atom is -0.300 e. The van der Waals surface area contributed by atoms with Gasteiger partial charge in [-0.2, -0.15) is 0 Å². The van der Waals surface area contributed by atoms with E-state index in [9.17, 15) is 13.3 Å². The van der Waals surface area contributed by atoms with Crippen molar-refractivity contribution in [3.63, 3.8) is 0 Å². The van der Waals surface area contributed by atoms with Crippen LogP contribution < -0.4 is 0 Å². The van der Waals surface area contributed by atoms with Crippen LogP contribution in [0.1, 0.15) is 0 Å². The number of hydrogen-bond donors (Lipinski definition) is 0. The van der Waals surface area contributed by atoms with Crippen LogP contribution in [0.25, 0.3) is 0 Å². The van der Waals surface area contributed by atoms with Crippen LogP contribution in [-0.4, -0.2) is 6.66 Å². The zero-order valence-corrected chi connectivity index (χ0v) is 12.6. The zero-order valence-electron chi connectivity index (χ0n) is 10.0. The first-order valence-corrected chi connectivity index (χ1v) is 10.4. The maximum Gasteiger partial charge on any atom is 0.197 e. The molecule has 0 N–H and O–H groups in total. The first-order valence-electron chi connectivity index (χ1n) is 5.44. The van der Waals surface area contributed by atoms with E-state index in [4.69, 9.17) is 0 Å². The lowest BCUT2D eigenvalue weighted by Crippen LogP contribution is -1.81. The van der Waals surface area contributed by atoms with Gasteiger partial charge in [0.1, 0.15) is 11.6 Å². The SMILES string of the molecule is CP(=O)(Sc1ccccc1F)Sc1ccccc1F. The molecule has 6 heteroatoms. The average molecular weight is 316 g/mol. The Morgan fingerprint density at radius 2 is 1.21 bits per heavy atom. The van der Waals surface area contributed by atoms with Crippen LogP contribution in [-0.2, 0) is 4.57 Å². The normalized spacial score (nSPS) is 11.5. The van der Waals surface area contributed by atoms with Crippen molar-refractivity contribution < 1.29 is 13.3 Å². The second-order valence-electron chi connectivity index (χ2n) is 3.81. The van der Waals surface area contributed by atoms with Crippen LogP contribution in [0.3, 0.4) is 0 Å². The lowest BCUT2D eigenvalue weighted by atomic mass is 10.4. The minimum atomic E-state index is -2.84. The molecular formula is C13H11F2OPS2. The Balaban J connectivity index is 2.18. The van der Waals surface area contributed by atoms with Crippen LogP contribution in [0.2, 0.25) is 0 Å². The summed E-state index contributed by atoms with van der Waals surface area (Å²) in [6.45, 7) is 1.52. The maximum absolute atomic E-state index is 13.5. The molecule has 0 aliphatic heterocycles. The molecular weight excluding hydrogens is 305 g/mol. The van der Waals surface area contributed by atoms with Crippen LogP contribution in [0.15, 0.2) is 58.3 Å². The second-order valence-corrected chi connectivity index (χ2v) is 12.6. The minimum absolute atomic E-state index is 0.317. The van der Waals surface area contributed by atoms with E-state index in [-0.39, 0.29) is 0 Å². The van der Waals surface area contributed by atoms with Gasteiger partial charge in [0.2, 0.25) is 0 Å². The van der Waals surface area contributed by atoms with Gasteiger partial charge in [0, 0.05) is 6.66 Å². The lowest BCUT2D eigenvalue weighted by Gasteiger charge is -2.12. The summed E-state index contributed by atoms with van der Waals surface area (Å²) in [6.07, 6.45) is 0. The molecule has 0 atom stereocenters. The molecule has 0 saturated carbocycles. The van der Waals surface area contributed by atoms with E-state index in [1.54, 1.807) is 36.4 Å². The van der Waals surface area contributed by atoms with Gasteiger partial charge in [-0.05, 0) is 47.0 Å². The van der Waals surface area contributed by atoms with Gasteiger partial charge in [-0.1, -0.05) is 24.3 Å². The summed E-state index contributed by atoms with van der Waals surface area (Å²) in [7, 11) is 0. The Bertz CT molecular complexity index is 582. The fraction of sp³-hybridized carbons (Fsp3) is 0.0769. The van der Waals surface area contributed by atoms with Crippen molar-refractivity contribution in [2.75, 3.05) is 6.66 Å². The molecule has 0 radical (unpaired) electrons. The Morgan fingerprint density at radius 3 is 1.58 bits per heavy atom. The summed E-state index contributed by atoms with van der Waals surface area (Å²) in [5, 5.41) is 0. The molecule has 0 spiro atoms. The van der Waals surface area contributed by atoms with Gasteiger partial charge >= 0.3 is 0 Å². The van der Waals surface area contributed by atoms with Crippen LogP contribution >= 0.6 is 28.3 Å². The molecule has 0 heterocycles. The van der Waals surface area contributed by atoms with E-state index in [2.05, 4.69) is 0 Å². The van der Waals surface area contributed by atoms with Gasteiger partial charge in [-0.3, -0.25) is 0 Å². The smallest absolute Gasteiger partial charge is 0.197 e. The van der Waals surface area contributed by atoms with E-state index in [0.29, 0.717) is 9.79 Å². The number of halogens is 2. The van der Waals surface area contributed by atoms with Gasteiger partial charge in [-0.15, -0.1) is 0 Å². The molecule has 100 valence electrons. The lowest BCUT2D eigenvalue weighted by molar-refractivity contribution is 0.593. The summed E-state index contributed by atoms with van der Waals surface area (Å²) in [4.78, 5) is 0.634. The highest BCUT2D eigenvalue weighted by Crippen LogP contribution is 2.71. The van der Waals surface area contributed by atoms with Gasteiger partial charge in [0.05, 0.1) is 9.79 Å². The Kier molecular flexibility index (Phi) is 4.71.